The van der Waals surface area contributed by atoms with E-state index in [1.54, 1.807) is 12.3 Å². The summed E-state index contributed by atoms with van der Waals surface area (Å²) in [5.41, 5.74) is 2.57. The Morgan fingerprint density at radius 2 is 2.03 bits per heavy atom. The van der Waals surface area contributed by atoms with Gasteiger partial charge in [0.15, 0.2) is 0 Å². The highest BCUT2D eigenvalue weighted by atomic mass is 19.1. The topological polar surface area (TPSA) is 58.6 Å². The van der Waals surface area contributed by atoms with Crippen LogP contribution in [0.2, 0.25) is 0 Å². The minimum Gasteiger partial charge on any atom is -0.368 e. The molecule has 0 bridgehead atoms. The molecule has 7 heteroatoms. The molecule has 2 aliphatic rings. The van der Waals surface area contributed by atoms with Crippen LogP contribution in [0.3, 0.4) is 0 Å². The summed E-state index contributed by atoms with van der Waals surface area (Å²) in [6.45, 7) is 2.05. The van der Waals surface area contributed by atoms with E-state index >= 15 is 0 Å². The van der Waals surface area contributed by atoms with Gasteiger partial charge in [-0.05, 0) is 43.4 Å². The van der Waals surface area contributed by atoms with Crippen molar-refractivity contribution in [3.63, 3.8) is 0 Å². The number of carbonyl (C=O) groups excluding carboxylic acids is 1. The second kappa shape index (κ2) is 8.45. The monoisotopic (exact) mass is 398 g/mol. The van der Waals surface area contributed by atoms with E-state index < -0.39 is 0 Å². The summed E-state index contributed by atoms with van der Waals surface area (Å²) in [6.07, 6.45) is 4.94. The standard InChI is InChI=1S/C22H27FN4O2/c1-26(2)22-24-14-18(16-5-3-6-17(23)13-16)20(25-22)15-8-10-27(11-9-15)21(28)19-7-4-12-29-19/h3,5-6,13-15,19H,4,7-12H2,1-2H3/t19-/m1/s1. The minimum atomic E-state index is -0.276. The fourth-order valence-electron chi connectivity index (χ4n) is 4.14. The first-order valence-electron chi connectivity index (χ1n) is 10.2. The molecule has 0 radical (unpaired) electrons. The number of amides is 1. The predicted octanol–water partition coefficient (Wildman–Crippen LogP) is 3.23. The summed E-state index contributed by atoms with van der Waals surface area (Å²) in [4.78, 5) is 25.7. The van der Waals surface area contributed by atoms with Gasteiger partial charge in [0, 0.05) is 51.5 Å². The molecule has 1 amide bonds. The van der Waals surface area contributed by atoms with Gasteiger partial charge in [-0.1, -0.05) is 12.1 Å². The van der Waals surface area contributed by atoms with E-state index in [0.717, 1.165) is 42.5 Å². The zero-order valence-electron chi connectivity index (χ0n) is 17.0. The van der Waals surface area contributed by atoms with Crippen LogP contribution in [-0.4, -0.2) is 60.7 Å². The number of rotatable bonds is 4. The lowest BCUT2D eigenvalue weighted by Crippen LogP contribution is -2.43. The summed E-state index contributed by atoms with van der Waals surface area (Å²) in [5.74, 6) is 0.673. The minimum absolute atomic E-state index is 0.114. The number of ether oxygens (including phenoxy) is 1. The second-order valence-corrected chi connectivity index (χ2v) is 7.97. The average molecular weight is 398 g/mol. The third kappa shape index (κ3) is 4.24. The van der Waals surface area contributed by atoms with Gasteiger partial charge < -0.3 is 14.5 Å². The summed E-state index contributed by atoms with van der Waals surface area (Å²) in [5, 5.41) is 0. The Morgan fingerprint density at radius 3 is 2.69 bits per heavy atom. The van der Waals surface area contributed by atoms with Gasteiger partial charge in [0.1, 0.15) is 11.9 Å². The van der Waals surface area contributed by atoms with Crippen molar-refractivity contribution in [3.05, 3.63) is 42.0 Å². The number of anilines is 1. The molecule has 2 aliphatic heterocycles. The van der Waals surface area contributed by atoms with Crippen LogP contribution >= 0.6 is 0 Å². The third-order valence-electron chi connectivity index (χ3n) is 5.74. The van der Waals surface area contributed by atoms with Gasteiger partial charge in [0.25, 0.3) is 5.91 Å². The van der Waals surface area contributed by atoms with E-state index in [2.05, 4.69) is 4.98 Å². The first-order valence-corrected chi connectivity index (χ1v) is 10.2. The van der Waals surface area contributed by atoms with Gasteiger partial charge >= 0.3 is 0 Å². The third-order valence-corrected chi connectivity index (χ3v) is 5.74. The van der Waals surface area contributed by atoms with Crippen LogP contribution in [0.15, 0.2) is 30.5 Å². The van der Waals surface area contributed by atoms with Crippen LogP contribution in [-0.2, 0) is 9.53 Å². The lowest BCUT2D eigenvalue weighted by atomic mass is 9.88. The number of benzene rings is 1. The number of piperidine rings is 1. The van der Waals surface area contributed by atoms with Crippen molar-refractivity contribution in [2.45, 2.75) is 37.7 Å². The lowest BCUT2D eigenvalue weighted by molar-refractivity contribution is -0.142. The fraction of sp³-hybridized carbons (Fsp3) is 0.500. The van der Waals surface area contributed by atoms with E-state index in [1.807, 2.05) is 30.0 Å². The Kier molecular flexibility index (Phi) is 5.76. The Hall–Kier alpha value is -2.54. The molecule has 154 valence electrons. The molecular formula is C22H27FN4O2. The van der Waals surface area contributed by atoms with Crippen LogP contribution in [0.5, 0.6) is 0 Å². The highest BCUT2D eigenvalue weighted by molar-refractivity contribution is 5.81. The Bertz CT molecular complexity index is 875. The van der Waals surface area contributed by atoms with Gasteiger partial charge in [0.05, 0.1) is 5.69 Å². The molecule has 2 saturated heterocycles. The van der Waals surface area contributed by atoms with Crippen molar-refractivity contribution in [2.24, 2.45) is 0 Å². The van der Waals surface area contributed by atoms with Crippen LogP contribution in [0, 0.1) is 5.82 Å². The number of hydrogen-bond donors (Lipinski definition) is 0. The molecule has 0 saturated carbocycles. The quantitative estimate of drug-likeness (QED) is 0.791. The number of aromatic nitrogens is 2. The molecule has 1 atom stereocenters. The molecule has 0 spiro atoms. The summed E-state index contributed by atoms with van der Waals surface area (Å²) >= 11 is 0. The molecular weight excluding hydrogens is 371 g/mol. The van der Waals surface area contributed by atoms with E-state index in [-0.39, 0.29) is 23.7 Å². The maximum Gasteiger partial charge on any atom is 0.251 e. The number of halogens is 1. The SMILES string of the molecule is CN(C)c1ncc(-c2cccc(F)c2)c(C2CCN(C(=O)[C@H]3CCCO3)CC2)n1. The van der Waals surface area contributed by atoms with Crippen molar-refractivity contribution < 1.29 is 13.9 Å². The fourth-order valence-corrected chi connectivity index (χ4v) is 4.14. The van der Waals surface area contributed by atoms with E-state index in [1.165, 1.54) is 12.1 Å². The van der Waals surface area contributed by atoms with Crippen molar-refractivity contribution in [3.8, 4) is 11.1 Å². The van der Waals surface area contributed by atoms with Crippen molar-refractivity contribution in [1.82, 2.24) is 14.9 Å². The van der Waals surface area contributed by atoms with Crippen LogP contribution in [0.1, 0.15) is 37.3 Å². The average Bonchev–Trinajstić information content (AvgIpc) is 3.28. The first-order chi connectivity index (χ1) is 14.0. The number of carbonyl (C=O) groups is 1. The maximum atomic E-state index is 13.8. The van der Waals surface area contributed by atoms with E-state index in [4.69, 9.17) is 9.72 Å². The zero-order chi connectivity index (χ0) is 20.4. The molecule has 4 rings (SSSR count). The molecule has 1 aromatic heterocycles. The molecule has 0 N–H and O–H groups in total. The molecule has 2 aromatic rings. The maximum absolute atomic E-state index is 13.8. The largest absolute Gasteiger partial charge is 0.368 e. The number of hydrogen-bond acceptors (Lipinski definition) is 5. The molecule has 6 nitrogen and oxygen atoms in total. The summed E-state index contributed by atoms with van der Waals surface area (Å²) < 4.78 is 19.4. The van der Waals surface area contributed by atoms with Gasteiger partial charge in [-0.25, -0.2) is 14.4 Å². The summed E-state index contributed by atoms with van der Waals surface area (Å²) in [7, 11) is 3.81. The molecule has 1 aromatic carbocycles. The highest BCUT2D eigenvalue weighted by Gasteiger charge is 2.32. The summed E-state index contributed by atoms with van der Waals surface area (Å²) in [6, 6.07) is 6.55. The molecule has 0 unspecified atom stereocenters. The molecule has 2 fully saturated rings. The molecule has 0 aliphatic carbocycles. The normalized spacial score (nSPS) is 20.1. The second-order valence-electron chi connectivity index (χ2n) is 7.97. The Morgan fingerprint density at radius 1 is 1.24 bits per heavy atom. The lowest BCUT2D eigenvalue weighted by Gasteiger charge is -2.34. The smallest absolute Gasteiger partial charge is 0.251 e. The van der Waals surface area contributed by atoms with Gasteiger partial charge in [0.2, 0.25) is 5.95 Å². The Labute approximate surface area is 170 Å². The van der Waals surface area contributed by atoms with Crippen molar-refractivity contribution in [2.75, 3.05) is 38.7 Å². The predicted molar refractivity (Wildman–Crippen MR) is 109 cm³/mol. The van der Waals surface area contributed by atoms with E-state index in [9.17, 15) is 9.18 Å². The van der Waals surface area contributed by atoms with Gasteiger partial charge in [-0.15, -0.1) is 0 Å². The molecule has 29 heavy (non-hydrogen) atoms. The van der Waals surface area contributed by atoms with Crippen LogP contribution in [0.25, 0.3) is 11.1 Å². The number of likely N-dealkylation sites (tertiary alicyclic amines) is 1. The number of nitrogens with zero attached hydrogens (tertiary/aromatic N) is 4. The van der Waals surface area contributed by atoms with Crippen LogP contribution in [0.4, 0.5) is 10.3 Å². The van der Waals surface area contributed by atoms with Crippen molar-refractivity contribution in [1.29, 1.82) is 0 Å². The Balaban J connectivity index is 1.57. The van der Waals surface area contributed by atoms with Gasteiger partial charge in [-0.3, -0.25) is 4.79 Å². The van der Waals surface area contributed by atoms with Crippen LogP contribution < -0.4 is 4.90 Å². The zero-order valence-corrected chi connectivity index (χ0v) is 17.0. The van der Waals surface area contributed by atoms with Crippen molar-refractivity contribution >= 4 is 11.9 Å². The van der Waals surface area contributed by atoms with Gasteiger partial charge in [-0.2, -0.15) is 0 Å². The van der Waals surface area contributed by atoms with E-state index in [0.29, 0.717) is 25.6 Å². The molecule has 3 heterocycles. The first kappa shape index (κ1) is 19.8. The highest BCUT2D eigenvalue weighted by Crippen LogP contribution is 2.35.